The summed E-state index contributed by atoms with van der Waals surface area (Å²) < 4.78 is 31.1. The van der Waals surface area contributed by atoms with Crippen molar-refractivity contribution in [3.63, 3.8) is 0 Å². The largest absolute Gasteiger partial charge is 0.458 e. The molecule has 0 spiro atoms. The van der Waals surface area contributed by atoms with Gasteiger partial charge >= 0.3 is 12.1 Å². The van der Waals surface area contributed by atoms with Crippen LogP contribution in [0.4, 0.5) is 4.79 Å². The van der Waals surface area contributed by atoms with Crippen molar-refractivity contribution in [1.82, 2.24) is 15.1 Å². The average molecular weight is 739 g/mol. The van der Waals surface area contributed by atoms with E-state index in [1.165, 1.54) is 14.0 Å². The molecule has 0 bridgehead atoms. The summed E-state index contributed by atoms with van der Waals surface area (Å²) >= 11 is 0. The number of esters is 1. The number of aldehydes is 1. The van der Waals surface area contributed by atoms with Crippen molar-refractivity contribution in [2.24, 2.45) is 22.9 Å². The predicted octanol–water partition coefficient (Wildman–Crippen LogP) is 3.62. The number of fused-ring (bicyclic) bond motifs is 1. The zero-order chi connectivity index (χ0) is 39.0. The van der Waals surface area contributed by atoms with Gasteiger partial charge in [0.15, 0.2) is 17.7 Å². The second kappa shape index (κ2) is 19.0. The molecule has 0 aromatic carbocycles. The SMILES string of the molecule is CC[C@H]1OC(=O)[C@H](C)C(=O)[C@H](C)[C@@H](O[C@@H]2OC(C)CC(N(C)C)C2O)[C@](C)(OC)C[C@@H](C)CN[C@H](CC=O)[C@H]2N(CCCCN=[N+]=[N-])C(=O)O[C@]12C. The topological polar surface area (TPSA) is 202 Å². The first-order valence-electron chi connectivity index (χ1n) is 18.6. The van der Waals surface area contributed by atoms with E-state index in [4.69, 9.17) is 29.2 Å². The van der Waals surface area contributed by atoms with E-state index in [-0.39, 0.29) is 44.0 Å². The molecule has 0 aromatic rings. The minimum absolute atomic E-state index is 0.0323. The maximum Gasteiger partial charge on any atom is 0.410 e. The smallest absolute Gasteiger partial charge is 0.410 e. The monoisotopic (exact) mass is 738 g/mol. The number of carbonyl (C=O) groups excluding carboxylic acids is 4. The second-order valence-corrected chi connectivity index (χ2v) is 15.5. The highest BCUT2D eigenvalue weighted by atomic mass is 16.7. The van der Waals surface area contributed by atoms with Crippen molar-refractivity contribution in [3.8, 4) is 0 Å². The number of aliphatic hydroxyl groups excluding tert-OH is 1. The standard InChI is InChI=1S/C36H62N6O10/c1-11-27-36(7)30(42(34(47)52-36)16-13-12-15-39-40-37)25(14-17-43)38-20-21(2)19-35(6,48-10)31(23(4)28(44)24(5)32(46)50-27)51-33-29(45)26(41(8)9)18-22(3)49-33/h17,21-27,29-31,33,38,45H,11-16,18-20H2,1-10H3/t21-,22?,23+,24-,25-,26?,27-,29?,30-,31-,33+,35-,36-/m1/s1. The fraction of sp³-hybridized carbons (Fsp3) is 0.889. The molecule has 52 heavy (non-hydrogen) atoms. The molecule has 16 heteroatoms. The van der Waals surface area contributed by atoms with E-state index in [0.717, 1.165) is 6.29 Å². The van der Waals surface area contributed by atoms with Gasteiger partial charge in [0, 0.05) is 49.5 Å². The number of amides is 1. The van der Waals surface area contributed by atoms with Crippen LogP contribution >= 0.6 is 0 Å². The van der Waals surface area contributed by atoms with E-state index in [2.05, 4.69) is 15.3 Å². The first kappa shape index (κ1) is 43.6. The van der Waals surface area contributed by atoms with Crippen LogP contribution in [0.25, 0.3) is 10.4 Å². The van der Waals surface area contributed by atoms with Crippen molar-refractivity contribution in [2.75, 3.05) is 40.8 Å². The van der Waals surface area contributed by atoms with Crippen molar-refractivity contribution in [3.05, 3.63) is 10.4 Å². The number of Topliss-reactive ketones (excluding diaryl/α,β-unsaturated/α-hetero) is 1. The molecule has 0 aromatic heterocycles. The molecule has 2 N–H and O–H groups in total. The van der Waals surface area contributed by atoms with E-state index in [0.29, 0.717) is 32.2 Å². The highest BCUT2D eigenvalue weighted by Crippen LogP contribution is 2.40. The number of hydrogen-bond acceptors (Lipinski definition) is 13. The van der Waals surface area contributed by atoms with Gasteiger partial charge in [0.2, 0.25) is 0 Å². The molecular weight excluding hydrogens is 676 g/mol. The Kier molecular flexibility index (Phi) is 15.9. The Morgan fingerprint density at radius 3 is 2.46 bits per heavy atom. The number of rotatable bonds is 12. The Morgan fingerprint density at radius 2 is 1.87 bits per heavy atom. The fourth-order valence-electron chi connectivity index (χ4n) is 8.30. The molecule has 3 saturated heterocycles. The lowest BCUT2D eigenvalue weighted by atomic mass is 9.78. The molecule has 3 fully saturated rings. The maximum absolute atomic E-state index is 14.3. The number of unbranched alkanes of at least 4 members (excludes halogenated alkanes) is 1. The number of ether oxygens (including phenoxy) is 5. The highest BCUT2D eigenvalue weighted by Gasteiger charge is 2.59. The summed E-state index contributed by atoms with van der Waals surface area (Å²) in [6.07, 6.45) is -1.78. The summed E-state index contributed by atoms with van der Waals surface area (Å²) in [6.45, 7) is 13.3. The second-order valence-electron chi connectivity index (χ2n) is 15.5. The molecule has 3 aliphatic heterocycles. The van der Waals surface area contributed by atoms with Gasteiger partial charge in [-0.05, 0) is 91.9 Å². The van der Waals surface area contributed by atoms with Gasteiger partial charge in [0.05, 0.1) is 23.9 Å². The summed E-state index contributed by atoms with van der Waals surface area (Å²) in [4.78, 5) is 60.2. The van der Waals surface area contributed by atoms with Crippen molar-refractivity contribution < 1.29 is 48.0 Å². The Morgan fingerprint density at radius 1 is 1.17 bits per heavy atom. The van der Waals surface area contributed by atoms with Crippen molar-refractivity contribution >= 4 is 24.1 Å². The molecule has 296 valence electrons. The number of nitrogens with zero attached hydrogens (tertiary/aromatic N) is 5. The van der Waals surface area contributed by atoms with Gasteiger partial charge in [-0.3, -0.25) is 14.5 Å². The average Bonchev–Trinajstić information content (AvgIpc) is 3.36. The molecule has 3 rings (SSSR count). The van der Waals surface area contributed by atoms with Crippen LogP contribution < -0.4 is 5.32 Å². The number of methoxy groups -OCH3 is 1. The first-order valence-corrected chi connectivity index (χ1v) is 18.6. The van der Waals surface area contributed by atoms with Crippen molar-refractivity contribution in [1.29, 1.82) is 0 Å². The Balaban J connectivity index is 2.08. The normalized spacial score (nSPS) is 39.5. The lowest BCUT2D eigenvalue weighted by Crippen LogP contribution is -2.62. The summed E-state index contributed by atoms with van der Waals surface area (Å²) in [7, 11) is 5.29. The molecular formula is C36H62N6O10. The predicted molar refractivity (Wildman–Crippen MR) is 191 cm³/mol. The Labute approximate surface area is 308 Å². The van der Waals surface area contributed by atoms with Gasteiger partial charge in [-0.2, -0.15) is 0 Å². The van der Waals surface area contributed by atoms with Crippen LogP contribution in [0.2, 0.25) is 0 Å². The third-order valence-corrected chi connectivity index (χ3v) is 11.2. The summed E-state index contributed by atoms with van der Waals surface area (Å²) in [5.74, 6) is -3.49. The molecule has 0 saturated carbocycles. The van der Waals surface area contributed by atoms with Crippen LogP contribution in [0, 0.1) is 17.8 Å². The summed E-state index contributed by atoms with van der Waals surface area (Å²) in [5.41, 5.74) is 6.19. The van der Waals surface area contributed by atoms with Crippen LogP contribution in [0.3, 0.4) is 0 Å². The van der Waals surface area contributed by atoms with E-state index < -0.39 is 77.6 Å². The van der Waals surface area contributed by atoms with Crippen LogP contribution in [0.15, 0.2) is 5.11 Å². The quantitative estimate of drug-likeness (QED) is 0.0561. The molecule has 3 unspecified atom stereocenters. The third kappa shape index (κ3) is 9.82. The van der Waals surface area contributed by atoms with Crippen LogP contribution in [0.1, 0.15) is 87.0 Å². The molecule has 1 amide bonds. The molecule has 3 aliphatic rings. The first-order chi connectivity index (χ1) is 24.5. The minimum Gasteiger partial charge on any atom is -0.458 e. The molecule has 0 radical (unpaired) electrons. The number of ketones is 1. The van der Waals surface area contributed by atoms with Crippen molar-refractivity contribution in [2.45, 2.75) is 147 Å². The number of likely N-dealkylation sites (N-methyl/N-ethyl adjacent to an activating group) is 1. The molecule has 3 heterocycles. The third-order valence-electron chi connectivity index (χ3n) is 11.2. The number of nitrogens with one attached hydrogen (secondary N) is 1. The Hall–Kier alpha value is -2.85. The Bertz CT molecular complexity index is 1280. The van der Waals surface area contributed by atoms with Crippen LogP contribution in [-0.4, -0.2) is 140 Å². The van der Waals surface area contributed by atoms with Gasteiger partial charge in [0.25, 0.3) is 0 Å². The molecule has 0 aliphatic carbocycles. The van der Waals surface area contributed by atoms with Gasteiger partial charge in [0.1, 0.15) is 24.4 Å². The lowest BCUT2D eigenvalue weighted by Gasteiger charge is -2.46. The van der Waals surface area contributed by atoms with E-state index in [1.54, 1.807) is 25.7 Å². The number of carbonyl (C=O) groups is 4. The van der Waals surface area contributed by atoms with E-state index in [1.807, 2.05) is 39.8 Å². The number of hydrogen-bond donors (Lipinski definition) is 2. The van der Waals surface area contributed by atoms with Crippen LogP contribution in [0.5, 0.6) is 0 Å². The van der Waals surface area contributed by atoms with Gasteiger partial charge < -0.3 is 43.8 Å². The number of azide groups is 1. The number of cyclic esters (lactones) is 1. The zero-order valence-electron chi connectivity index (χ0n) is 32.6. The molecule has 13 atom stereocenters. The zero-order valence-corrected chi connectivity index (χ0v) is 32.6. The maximum atomic E-state index is 14.3. The minimum atomic E-state index is -1.38. The van der Waals surface area contributed by atoms with Gasteiger partial charge in [-0.1, -0.05) is 25.9 Å². The lowest BCUT2D eigenvalue weighted by molar-refractivity contribution is -0.295. The van der Waals surface area contributed by atoms with Gasteiger partial charge in [-0.25, -0.2) is 4.79 Å². The number of aliphatic hydroxyl groups is 1. The van der Waals surface area contributed by atoms with E-state index >= 15 is 0 Å². The van der Waals surface area contributed by atoms with E-state index in [9.17, 15) is 24.3 Å². The molecule has 16 nitrogen and oxygen atoms in total. The van der Waals surface area contributed by atoms with Gasteiger partial charge in [-0.15, -0.1) is 0 Å². The van der Waals surface area contributed by atoms with Crippen LogP contribution in [-0.2, 0) is 38.1 Å². The highest BCUT2D eigenvalue weighted by molar-refractivity contribution is 6.00. The summed E-state index contributed by atoms with van der Waals surface area (Å²) in [5, 5.41) is 18.5. The fourth-order valence-corrected chi connectivity index (χ4v) is 8.30. The summed E-state index contributed by atoms with van der Waals surface area (Å²) in [6, 6.07) is -1.58.